The molecule has 0 aromatic carbocycles. The van der Waals surface area contributed by atoms with Crippen molar-refractivity contribution in [3.05, 3.63) is 0 Å². The van der Waals surface area contributed by atoms with Gasteiger partial charge in [0.25, 0.3) is 0 Å². The van der Waals surface area contributed by atoms with Crippen molar-refractivity contribution >= 4 is 6.16 Å². The third kappa shape index (κ3) is 4.67. The van der Waals surface area contributed by atoms with Crippen LogP contribution >= 0.6 is 0 Å². The lowest BCUT2D eigenvalue weighted by molar-refractivity contribution is -0.265. The number of hydrogen-bond donors (Lipinski definition) is 2. The molecule has 4 saturated carbocycles. The molecule has 2 N–H and O–H groups in total. The van der Waals surface area contributed by atoms with Crippen molar-refractivity contribution in [1.29, 1.82) is 0 Å². The number of ether oxygens (including phenoxy) is 2. The van der Waals surface area contributed by atoms with E-state index in [0.29, 0.717) is 36.0 Å². The average molecular weight is 493 g/mol. The Morgan fingerprint density at radius 3 is 2.46 bits per heavy atom. The fourth-order valence-electron chi connectivity index (χ4n) is 9.66. The van der Waals surface area contributed by atoms with E-state index in [2.05, 4.69) is 34.6 Å². The van der Waals surface area contributed by atoms with Gasteiger partial charge in [0.05, 0.1) is 18.3 Å². The summed E-state index contributed by atoms with van der Waals surface area (Å²) in [6.45, 7) is 14.0. The van der Waals surface area contributed by atoms with Gasteiger partial charge in [0.15, 0.2) is 0 Å². The van der Waals surface area contributed by atoms with Crippen molar-refractivity contribution in [2.24, 2.45) is 46.3 Å². The lowest BCUT2D eigenvalue weighted by Gasteiger charge is -2.65. The van der Waals surface area contributed by atoms with Crippen LogP contribution in [-0.4, -0.2) is 40.8 Å². The maximum atomic E-state index is 12.0. The normalized spacial score (nSPS) is 45.9. The van der Waals surface area contributed by atoms with Crippen LogP contribution < -0.4 is 0 Å². The van der Waals surface area contributed by atoms with Crippen LogP contribution in [-0.2, 0) is 9.47 Å². The summed E-state index contributed by atoms with van der Waals surface area (Å²) < 4.78 is 10.5. The zero-order chi connectivity index (χ0) is 25.6. The molecule has 4 rings (SSSR count). The highest BCUT2D eigenvalue weighted by Crippen LogP contribution is 2.69. The monoisotopic (exact) mass is 492 g/mol. The minimum atomic E-state index is -1.21. The van der Waals surface area contributed by atoms with Gasteiger partial charge in [-0.2, -0.15) is 0 Å². The van der Waals surface area contributed by atoms with E-state index in [9.17, 15) is 15.0 Å². The zero-order valence-electron chi connectivity index (χ0n) is 23.2. The van der Waals surface area contributed by atoms with Gasteiger partial charge in [-0.3, -0.25) is 0 Å². The Bertz CT molecular complexity index is 753. The minimum Gasteiger partial charge on any atom is -0.435 e. The number of fused-ring (bicyclic) bond motifs is 5. The highest BCUT2D eigenvalue weighted by molar-refractivity contribution is 5.60. The maximum Gasteiger partial charge on any atom is 0.508 e. The Morgan fingerprint density at radius 1 is 1.03 bits per heavy atom. The van der Waals surface area contributed by atoms with Gasteiger partial charge in [0, 0.05) is 11.8 Å². The van der Waals surface area contributed by atoms with E-state index in [0.717, 1.165) is 37.0 Å². The average Bonchev–Trinajstić information content (AvgIpc) is 3.13. The second-order valence-corrected chi connectivity index (χ2v) is 13.7. The molecule has 0 amide bonds. The van der Waals surface area contributed by atoms with E-state index < -0.39 is 24.0 Å². The topological polar surface area (TPSA) is 76.0 Å². The molecule has 4 aliphatic carbocycles. The molecule has 10 unspecified atom stereocenters. The molecule has 0 bridgehead atoms. The summed E-state index contributed by atoms with van der Waals surface area (Å²) in [6, 6.07) is 0. The molecule has 0 radical (unpaired) electrons. The van der Waals surface area contributed by atoms with E-state index in [1.54, 1.807) is 6.92 Å². The summed E-state index contributed by atoms with van der Waals surface area (Å²) >= 11 is 0. The SMILES string of the molecule is CCOC(=O)OC1CCC2(C)C3CCC4(C)C(C(C)CCCC(C)C)CCC4C3CC(O)C2(O)C1. The van der Waals surface area contributed by atoms with Gasteiger partial charge in [-0.1, -0.05) is 53.9 Å². The largest absolute Gasteiger partial charge is 0.508 e. The molecule has 202 valence electrons. The summed E-state index contributed by atoms with van der Waals surface area (Å²) in [7, 11) is 0. The minimum absolute atomic E-state index is 0.275. The van der Waals surface area contributed by atoms with Gasteiger partial charge in [0.1, 0.15) is 6.10 Å². The number of aliphatic hydroxyl groups excluding tert-OH is 1. The summed E-state index contributed by atoms with van der Waals surface area (Å²) in [4.78, 5) is 11.9. The fraction of sp³-hybridized carbons (Fsp3) is 0.967. The molecule has 0 heterocycles. The quantitative estimate of drug-likeness (QED) is 0.385. The van der Waals surface area contributed by atoms with Gasteiger partial charge in [-0.25, -0.2) is 4.79 Å². The van der Waals surface area contributed by atoms with Gasteiger partial charge < -0.3 is 19.7 Å². The first-order chi connectivity index (χ1) is 16.5. The predicted molar refractivity (Wildman–Crippen MR) is 138 cm³/mol. The Hall–Kier alpha value is -0.810. The summed E-state index contributed by atoms with van der Waals surface area (Å²) in [5.74, 6) is 3.86. The first-order valence-electron chi connectivity index (χ1n) is 14.7. The van der Waals surface area contributed by atoms with Crippen molar-refractivity contribution in [3.8, 4) is 0 Å². The van der Waals surface area contributed by atoms with Crippen LogP contribution in [0.25, 0.3) is 0 Å². The predicted octanol–water partition coefficient (Wildman–Crippen LogP) is 6.74. The number of aliphatic hydroxyl groups is 2. The van der Waals surface area contributed by atoms with Crippen LogP contribution in [0, 0.1) is 46.3 Å². The summed E-state index contributed by atoms with van der Waals surface area (Å²) in [5, 5.41) is 23.4. The van der Waals surface area contributed by atoms with Crippen molar-refractivity contribution in [1.82, 2.24) is 0 Å². The van der Waals surface area contributed by atoms with Crippen molar-refractivity contribution in [3.63, 3.8) is 0 Å². The van der Waals surface area contributed by atoms with Gasteiger partial charge in [-0.15, -0.1) is 0 Å². The number of rotatable bonds is 7. The van der Waals surface area contributed by atoms with Crippen molar-refractivity contribution in [2.75, 3.05) is 6.61 Å². The molecule has 0 aromatic rings. The lowest BCUT2D eigenvalue weighted by Crippen LogP contribution is -2.68. The summed E-state index contributed by atoms with van der Waals surface area (Å²) in [6.07, 6.45) is 9.63. The molecular formula is C30H52O5. The highest BCUT2D eigenvalue weighted by Gasteiger charge is 2.67. The highest BCUT2D eigenvalue weighted by atomic mass is 16.7. The Kier molecular flexibility index (Phi) is 7.90. The molecule has 4 fully saturated rings. The van der Waals surface area contributed by atoms with Crippen LogP contribution in [0.3, 0.4) is 0 Å². The van der Waals surface area contributed by atoms with Crippen LogP contribution in [0.4, 0.5) is 4.79 Å². The van der Waals surface area contributed by atoms with Crippen LogP contribution in [0.2, 0.25) is 0 Å². The second kappa shape index (κ2) is 10.2. The third-order valence-electron chi connectivity index (χ3n) is 11.5. The molecule has 5 nitrogen and oxygen atoms in total. The molecule has 0 aliphatic heterocycles. The van der Waals surface area contributed by atoms with E-state index in [1.165, 1.54) is 38.5 Å². The van der Waals surface area contributed by atoms with E-state index in [-0.39, 0.29) is 12.0 Å². The zero-order valence-corrected chi connectivity index (χ0v) is 23.2. The number of carbonyl (C=O) groups excluding carboxylic acids is 1. The standard InChI is InChI=1S/C30H52O5/c1-7-34-27(32)35-21-13-16-29(6)25-14-15-28(5)23(20(4)10-8-9-19(2)3)11-12-24(28)22(25)17-26(31)30(29,33)18-21/h19-26,31,33H,7-18H2,1-6H3. The molecule has 10 atom stereocenters. The Labute approximate surface area is 213 Å². The Balaban J connectivity index is 1.48. The maximum absolute atomic E-state index is 12.0. The lowest BCUT2D eigenvalue weighted by atomic mass is 9.42. The van der Waals surface area contributed by atoms with Crippen molar-refractivity contribution in [2.45, 2.75) is 130 Å². The fourth-order valence-corrected chi connectivity index (χ4v) is 9.66. The van der Waals surface area contributed by atoms with Gasteiger partial charge in [0.2, 0.25) is 0 Å². The molecule has 0 spiro atoms. The summed E-state index contributed by atoms with van der Waals surface area (Å²) in [5.41, 5.74) is -1.19. The molecule has 0 saturated heterocycles. The van der Waals surface area contributed by atoms with Crippen LogP contribution in [0.5, 0.6) is 0 Å². The first-order valence-corrected chi connectivity index (χ1v) is 14.7. The van der Waals surface area contributed by atoms with E-state index in [1.807, 2.05) is 0 Å². The van der Waals surface area contributed by atoms with Crippen LogP contribution in [0.15, 0.2) is 0 Å². The van der Waals surface area contributed by atoms with Gasteiger partial charge >= 0.3 is 6.16 Å². The molecule has 5 heteroatoms. The molecular weight excluding hydrogens is 440 g/mol. The molecule has 0 aromatic heterocycles. The Morgan fingerprint density at radius 2 is 1.77 bits per heavy atom. The molecule has 4 aliphatic rings. The molecule has 35 heavy (non-hydrogen) atoms. The van der Waals surface area contributed by atoms with Crippen molar-refractivity contribution < 1.29 is 24.5 Å². The number of carbonyl (C=O) groups is 1. The first kappa shape index (κ1) is 27.2. The third-order valence-corrected chi connectivity index (χ3v) is 11.5. The second-order valence-electron chi connectivity index (χ2n) is 13.7. The van der Waals surface area contributed by atoms with Gasteiger partial charge in [-0.05, 0) is 92.8 Å². The van der Waals surface area contributed by atoms with E-state index in [4.69, 9.17) is 9.47 Å². The number of hydrogen-bond acceptors (Lipinski definition) is 5. The smallest absolute Gasteiger partial charge is 0.435 e. The van der Waals surface area contributed by atoms with E-state index >= 15 is 0 Å². The van der Waals surface area contributed by atoms with Crippen LogP contribution in [0.1, 0.15) is 112 Å².